The lowest BCUT2D eigenvalue weighted by atomic mass is 9.84. The number of nitrogens with zero attached hydrogens (tertiary/aromatic N) is 2. The van der Waals surface area contributed by atoms with Gasteiger partial charge in [0.2, 0.25) is 0 Å². The normalized spacial score (nSPS) is 31.6. The van der Waals surface area contributed by atoms with Crippen LogP contribution in [0, 0.1) is 25.7 Å². The maximum absolute atomic E-state index is 4.78. The highest BCUT2D eigenvalue weighted by molar-refractivity contribution is 7.11. The lowest BCUT2D eigenvalue weighted by Gasteiger charge is -2.39. The summed E-state index contributed by atoms with van der Waals surface area (Å²) in [5, 5.41) is 4.75. The van der Waals surface area contributed by atoms with Crippen molar-refractivity contribution in [1.82, 2.24) is 15.2 Å². The average Bonchev–Trinajstić information content (AvgIpc) is 2.96. The Labute approximate surface area is 120 Å². The molecule has 1 aromatic heterocycles. The molecule has 3 atom stereocenters. The van der Waals surface area contributed by atoms with E-state index in [0.717, 1.165) is 11.8 Å². The Morgan fingerprint density at radius 3 is 2.68 bits per heavy atom. The van der Waals surface area contributed by atoms with Gasteiger partial charge in [-0.3, -0.25) is 4.90 Å². The fraction of sp³-hybridized carbons (Fsp3) is 0.800. The zero-order valence-corrected chi connectivity index (χ0v) is 13.5. The van der Waals surface area contributed by atoms with Gasteiger partial charge in [-0.1, -0.05) is 0 Å². The smallest absolute Gasteiger partial charge is 0.0900 e. The number of hydrogen-bond acceptors (Lipinski definition) is 4. The Balaban J connectivity index is 1.88. The van der Waals surface area contributed by atoms with Crippen molar-refractivity contribution in [3.63, 3.8) is 0 Å². The van der Waals surface area contributed by atoms with Crippen LogP contribution in [0.5, 0.6) is 0 Å². The Morgan fingerprint density at radius 2 is 2.11 bits per heavy atom. The first-order valence-corrected chi connectivity index (χ1v) is 8.14. The van der Waals surface area contributed by atoms with Crippen LogP contribution in [0.2, 0.25) is 0 Å². The zero-order chi connectivity index (χ0) is 13.8. The van der Waals surface area contributed by atoms with Crippen molar-refractivity contribution in [2.75, 3.05) is 19.6 Å². The fourth-order valence-corrected chi connectivity index (χ4v) is 5.10. The molecule has 3 unspecified atom stereocenters. The highest BCUT2D eigenvalue weighted by Gasteiger charge is 2.51. The molecule has 0 spiro atoms. The molecule has 0 aliphatic carbocycles. The predicted molar refractivity (Wildman–Crippen MR) is 80.6 cm³/mol. The number of aromatic nitrogens is 1. The second kappa shape index (κ2) is 4.54. The van der Waals surface area contributed by atoms with Crippen molar-refractivity contribution < 1.29 is 0 Å². The van der Waals surface area contributed by atoms with Crippen LogP contribution in [0.1, 0.15) is 42.4 Å². The highest BCUT2D eigenvalue weighted by Crippen LogP contribution is 2.45. The second-order valence-electron chi connectivity index (χ2n) is 6.68. The number of fused-ring (bicyclic) bond motifs is 1. The van der Waals surface area contributed by atoms with Crippen LogP contribution >= 0.6 is 11.3 Å². The number of thiazole rings is 1. The second-order valence-corrected chi connectivity index (χ2v) is 8.09. The largest absolute Gasteiger partial charge is 0.316 e. The van der Waals surface area contributed by atoms with Gasteiger partial charge in [0.15, 0.2) is 0 Å². The molecule has 0 aromatic carbocycles. The van der Waals surface area contributed by atoms with Gasteiger partial charge in [0.05, 0.1) is 16.7 Å². The van der Waals surface area contributed by atoms with Crippen molar-refractivity contribution in [2.24, 2.45) is 11.8 Å². The first-order chi connectivity index (χ1) is 8.91. The van der Waals surface area contributed by atoms with E-state index in [1.165, 1.54) is 35.2 Å². The molecule has 2 fully saturated rings. The molecule has 2 aliphatic rings. The maximum atomic E-state index is 4.78. The lowest BCUT2D eigenvalue weighted by Crippen LogP contribution is -2.45. The standard InChI is InChI=1S/C15H25N3S/c1-9(14-10(2)19-11(3)17-14)18-8-12-6-16-7-13(12)15(18,4)5/h9,12-13,16H,6-8H2,1-5H3. The number of aryl methyl sites for hydroxylation is 2. The third-order valence-electron chi connectivity index (χ3n) is 5.22. The minimum atomic E-state index is 0.275. The fourth-order valence-electron chi connectivity index (χ4n) is 4.19. The summed E-state index contributed by atoms with van der Waals surface area (Å²) in [6.45, 7) is 15.1. The summed E-state index contributed by atoms with van der Waals surface area (Å²) in [6.07, 6.45) is 0. The van der Waals surface area contributed by atoms with Gasteiger partial charge >= 0.3 is 0 Å². The van der Waals surface area contributed by atoms with E-state index in [1.54, 1.807) is 0 Å². The Morgan fingerprint density at radius 1 is 1.37 bits per heavy atom. The van der Waals surface area contributed by atoms with E-state index in [0.29, 0.717) is 6.04 Å². The van der Waals surface area contributed by atoms with Gasteiger partial charge in [-0.2, -0.15) is 0 Å². The predicted octanol–water partition coefficient (Wildman–Crippen LogP) is 2.75. The molecule has 2 aliphatic heterocycles. The molecule has 0 bridgehead atoms. The summed E-state index contributed by atoms with van der Waals surface area (Å²) < 4.78 is 0. The van der Waals surface area contributed by atoms with Crippen molar-refractivity contribution in [2.45, 2.75) is 46.2 Å². The Hall–Kier alpha value is -0.450. The number of hydrogen-bond donors (Lipinski definition) is 1. The monoisotopic (exact) mass is 279 g/mol. The minimum Gasteiger partial charge on any atom is -0.316 e. The SMILES string of the molecule is Cc1nc(C(C)N2CC3CNCC3C2(C)C)c(C)s1. The molecule has 3 nitrogen and oxygen atoms in total. The summed E-state index contributed by atoms with van der Waals surface area (Å²) in [7, 11) is 0. The highest BCUT2D eigenvalue weighted by atomic mass is 32.1. The maximum Gasteiger partial charge on any atom is 0.0900 e. The van der Waals surface area contributed by atoms with E-state index in [9.17, 15) is 0 Å². The molecule has 4 heteroatoms. The molecule has 1 N–H and O–H groups in total. The van der Waals surface area contributed by atoms with Crippen LogP contribution in [0.4, 0.5) is 0 Å². The summed E-state index contributed by atoms with van der Waals surface area (Å²) in [4.78, 5) is 8.85. The molecule has 106 valence electrons. The van der Waals surface area contributed by atoms with Crippen molar-refractivity contribution in [1.29, 1.82) is 0 Å². The average molecular weight is 279 g/mol. The van der Waals surface area contributed by atoms with Gasteiger partial charge in [-0.15, -0.1) is 11.3 Å². The van der Waals surface area contributed by atoms with E-state index in [4.69, 9.17) is 4.98 Å². The molecule has 2 saturated heterocycles. The molecular weight excluding hydrogens is 254 g/mol. The summed E-state index contributed by atoms with van der Waals surface area (Å²) in [5.74, 6) is 1.60. The van der Waals surface area contributed by atoms with E-state index >= 15 is 0 Å². The molecular formula is C15H25N3S. The topological polar surface area (TPSA) is 28.2 Å². The van der Waals surface area contributed by atoms with Crippen LogP contribution in [-0.4, -0.2) is 35.1 Å². The van der Waals surface area contributed by atoms with Crippen LogP contribution in [0.3, 0.4) is 0 Å². The van der Waals surface area contributed by atoms with Gasteiger partial charge in [0.25, 0.3) is 0 Å². The van der Waals surface area contributed by atoms with Crippen LogP contribution < -0.4 is 5.32 Å². The van der Waals surface area contributed by atoms with Crippen LogP contribution in [0.25, 0.3) is 0 Å². The number of rotatable bonds is 2. The van der Waals surface area contributed by atoms with Crippen LogP contribution in [-0.2, 0) is 0 Å². The van der Waals surface area contributed by atoms with E-state index in [-0.39, 0.29) is 5.54 Å². The van der Waals surface area contributed by atoms with Gasteiger partial charge in [-0.05, 0) is 53.0 Å². The molecule has 0 radical (unpaired) electrons. The van der Waals surface area contributed by atoms with Crippen molar-refractivity contribution >= 4 is 11.3 Å². The molecule has 0 saturated carbocycles. The summed E-state index contributed by atoms with van der Waals surface area (Å²) in [5.41, 5.74) is 1.57. The molecule has 3 heterocycles. The lowest BCUT2D eigenvalue weighted by molar-refractivity contribution is 0.0950. The van der Waals surface area contributed by atoms with E-state index in [1.807, 2.05) is 11.3 Å². The first kappa shape index (κ1) is 13.5. The quantitative estimate of drug-likeness (QED) is 0.902. The van der Waals surface area contributed by atoms with Gasteiger partial charge in [0, 0.05) is 23.5 Å². The Kier molecular flexibility index (Phi) is 3.23. The summed E-state index contributed by atoms with van der Waals surface area (Å²) >= 11 is 1.83. The van der Waals surface area contributed by atoms with Crippen molar-refractivity contribution in [3.8, 4) is 0 Å². The van der Waals surface area contributed by atoms with Crippen LogP contribution in [0.15, 0.2) is 0 Å². The Bertz CT molecular complexity index is 480. The minimum absolute atomic E-state index is 0.275. The zero-order valence-electron chi connectivity index (χ0n) is 12.7. The van der Waals surface area contributed by atoms with Crippen molar-refractivity contribution in [3.05, 3.63) is 15.6 Å². The molecule has 0 amide bonds. The van der Waals surface area contributed by atoms with Gasteiger partial charge in [-0.25, -0.2) is 4.98 Å². The summed E-state index contributed by atoms with van der Waals surface area (Å²) in [6, 6.07) is 0.436. The van der Waals surface area contributed by atoms with E-state index < -0.39 is 0 Å². The molecule has 3 rings (SSSR count). The van der Waals surface area contributed by atoms with Gasteiger partial charge < -0.3 is 5.32 Å². The first-order valence-electron chi connectivity index (χ1n) is 7.32. The van der Waals surface area contributed by atoms with Gasteiger partial charge in [0.1, 0.15) is 0 Å². The third-order valence-corrected chi connectivity index (χ3v) is 6.12. The number of likely N-dealkylation sites (tertiary alicyclic amines) is 1. The number of nitrogens with one attached hydrogen (secondary N) is 1. The molecule has 1 aromatic rings. The molecule has 19 heavy (non-hydrogen) atoms. The third kappa shape index (κ3) is 2.05. The van der Waals surface area contributed by atoms with E-state index in [2.05, 4.69) is 44.8 Å².